The van der Waals surface area contributed by atoms with E-state index in [1.807, 2.05) is 0 Å². The third kappa shape index (κ3) is 2.28. The van der Waals surface area contributed by atoms with Crippen molar-refractivity contribution in [3.63, 3.8) is 0 Å². The Morgan fingerprint density at radius 3 is 2.88 bits per heavy atom. The molecule has 1 aliphatic heterocycles. The molecule has 1 aromatic heterocycles. The number of hydrogen-bond acceptors (Lipinski definition) is 3. The topological polar surface area (TPSA) is 62.6 Å². The number of rotatable bonds is 3. The lowest BCUT2D eigenvalue weighted by Crippen LogP contribution is -2.30. The minimum atomic E-state index is -0.379. The van der Waals surface area contributed by atoms with Crippen LogP contribution >= 0.6 is 0 Å². The van der Waals surface area contributed by atoms with E-state index in [9.17, 15) is 9.59 Å². The van der Waals surface area contributed by atoms with Crippen molar-refractivity contribution in [1.82, 2.24) is 10.2 Å². The molecule has 88 valence electrons. The van der Waals surface area contributed by atoms with E-state index < -0.39 is 0 Å². The minimum absolute atomic E-state index is 0.277. The van der Waals surface area contributed by atoms with Crippen LogP contribution in [0, 0.1) is 0 Å². The molecule has 5 nitrogen and oxygen atoms in total. The van der Waals surface area contributed by atoms with Crippen LogP contribution in [-0.2, 0) is 4.79 Å². The van der Waals surface area contributed by atoms with Crippen LogP contribution in [0.3, 0.4) is 0 Å². The number of imide groups is 1. The summed E-state index contributed by atoms with van der Waals surface area (Å²) in [5, 5.41) is 2.50. The highest BCUT2D eigenvalue weighted by atomic mass is 16.3. The van der Waals surface area contributed by atoms with Crippen molar-refractivity contribution in [2.45, 2.75) is 6.92 Å². The van der Waals surface area contributed by atoms with Crippen molar-refractivity contribution in [2.75, 3.05) is 6.54 Å². The van der Waals surface area contributed by atoms with Crippen LogP contribution in [0.1, 0.15) is 12.7 Å². The van der Waals surface area contributed by atoms with Crippen LogP contribution < -0.4 is 5.32 Å². The quantitative estimate of drug-likeness (QED) is 0.638. The molecule has 0 unspecified atom stereocenters. The predicted molar refractivity (Wildman–Crippen MR) is 61.7 cm³/mol. The molecule has 0 saturated carbocycles. The van der Waals surface area contributed by atoms with Gasteiger partial charge in [0.1, 0.15) is 11.5 Å². The summed E-state index contributed by atoms with van der Waals surface area (Å²) < 4.78 is 5.09. The second kappa shape index (κ2) is 4.69. The number of urea groups is 1. The lowest BCUT2D eigenvalue weighted by Gasteiger charge is -2.05. The van der Waals surface area contributed by atoms with Crippen LogP contribution in [-0.4, -0.2) is 23.4 Å². The first-order chi connectivity index (χ1) is 8.22. The van der Waals surface area contributed by atoms with Crippen molar-refractivity contribution in [1.29, 1.82) is 0 Å². The van der Waals surface area contributed by atoms with Crippen molar-refractivity contribution < 1.29 is 14.0 Å². The number of amides is 3. The molecule has 1 N–H and O–H groups in total. The van der Waals surface area contributed by atoms with Crippen molar-refractivity contribution in [3.8, 4) is 0 Å². The van der Waals surface area contributed by atoms with Gasteiger partial charge in [-0.25, -0.2) is 4.79 Å². The second-order valence-electron chi connectivity index (χ2n) is 3.43. The fraction of sp³-hybridized carbons (Fsp3) is 0.167. The fourth-order valence-corrected chi connectivity index (χ4v) is 1.50. The monoisotopic (exact) mass is 232 g/mol. The Balaban J connectivity index is 2.09. The van der Waals surface area contributed by atoms with E-state index in [2.05, 4.69) is 5.32 Å². The normalized spacial score (nSPS) is 18.4. The first-order valence-electron chi connectivity index (χ1n) is 5.27. The Labute approximate surface area is 98.4 Å². The van der Waals surface area contributed by atoms with Gasteiger partial charge in [-0.1, -0.05) is 6.08 Å². The summed E-state index contributed by atoms with van der Waals surface area (Å²) >= 11 is 0. The summed E-state index contributed by atoms with van der Waals surface area (Å²) in [6.45, 7) is 2.11. The number of allylic oxidation sites excluding steroid dienone is 2. The largest absolute Gasteiger partial charge is 0.465 e. The lowest BCUT2D eigenvalue weighted by molar-refractivity contribution is -0.122. The number of nitrogens with one attached hydrogen (secondary N) is 1. The number of carbonyl (C=O) groups excluding carboxylic acids is 2. The summed E-state index contributed by atoms with van der Waals surface area (Å²) in [5.41, 5.74) is 0.277. The Morgan fingerprint density at radius 1 is 1.47 bits per heavy atom. The number of nitrogens with zero attached hydrogens (tertiary/aromatic N) is 1. The Morgan fingerprint density at radius 2 is 2.29 bits per heavy atom. The molecule has 0 aromatic carbocycles. The van der Waals surface area contributed by atoms with E-state index in [1.54, 1.807) is 43.5 Å². The number of likely N-dealkylation sites (N-methyl/N-ethyl adjacent to an activating group) is 1. The zero-order valence-electron chi connectivity index (χ0n) is 9.34. The molecule has 2 heterocycles. The van der Waals surface area contributed by atoms with E-state index in [0.717, 1.165) is 4.90 Å². The molecule has 17 heavy (non-hydrogen) atoms. The molecule has 1 aromatic rings. The van der Waals surface area contributed by atoms with Crippen LogP contribution in [0.2, 0.25) is 0 Å². The summed E-state index contributed by atoms with van der Waals surface area (Å²) in [4.78, 5) is 24.1. The van der Waals surface area contributed by atoms with Gasteiger partial charge in [-0.3, -0.25) is 9.69 Å². The lowest BCUT2D eigenvalue weighted by atomic mass is 10.3. The Bertz CT molecular complexity index is 486. The molecular formula is C12H12N2O3. The van der Waals surface area contributed by atoms with Gasteiger partial charge in [-0.15, -0.1) is 0 Å². The van der Waals surface area contributed by atoms with Gasteiger partial charge in [0, 0.05) is 6.54 Å². The van der Waals surface area contributed by atoms with Crippen molar-refractivity contribution in [3.05, 3.63) is 42.0 Å². The van der Waals surface area contributed by atoms with E-state index in [-0.39, 0.29) is 17.6 Å². The maximum Gasteiger partial charge on any atom is 0.328 e. The maximum absolute atomic E-state index is 11.7. The van der Waals surface area contributed by atoms with E-state index in [0.29, 0.717) is 12.3 Å². The molecule has 0 atom stereocenters. The van der Waals surface area contributed by atoms with Crippen molar-refractivity contribution >= 4 is 18.0 Å². The van der Waals surface area contributed by atoms with Crippen molar-refractivity contribution in [2.24, 2.45) is 0 Å². The SMILES string of the molecule is CCN1C(=O)N/C(=C/C=C/c2ccco2)C1=O. The molecule has 0 radical (unpaired) electrons. The number of carbonyl (C=O) groups is 2. The van der Waals surface area contributed by atoms with E-state index in [1.165, 1.54) is 0 Å². The molecule has 0 aliphatic carbocycles. The van der Waals surface area contributed by atoms with Gasteiger partial charge in [0.05, 0.1) is 6.26 Å². The molecule has 1 fully saturated rings. The first kappa shape index (κ1) is 11.2. The van der Waals surface area contributed by atoms with Crippen LogP contribution in [0.5, 0.6) is 0 Å². The van der Waals surface area contributed by atoms with Gasteiger partial charge in [-0.2, -0.15) is 0 Å². The molecule has 0 bridgehead atoms. The van der Waals surface area contributed by atoms with Gasteiger partial charge < -0.3 is 9.73 Å². The average Bonchev–Trinajstić information content (AvgIpc) is 2.89. The summed E-state index contributed by atoms with van der Waals surface area (Å²) in [6, 6.07) is 3.19. The Hall–Kier alpha value is -2.30. The third-order valence-corrected chi connectivity index (χ3v) is 2.35. The standard InChI is InChI=1S/C12H12N2O3/c1-2-14-11(15)10(13-12(14)16)7-3-5-9-6-4-8-17-9/h3-8H,2H2,1H3,(H,13,16)/b5-3+,10-7+. The summed E-state index contributed by atoms with van der Waals surface area (Å²) in [7, 11) is 0. The van der Waals surface area contributed by atoms with Gasteiger partial charge in [0.15, 0.2) is 0 Å². The fourth-order valence-electron chi connectivity index (χ4n) is 1.50. The zero-order valence-corrected chi connectivity index (χ0v) is 9.34. The maximum atomic E-state index is 11.7. The van der Waals surface area contributed by atoms with Gasteiger partial charge in [-0.05, 0) is 31.2 Å². The molecule has 3 amide bonds. The van der Waals surface area contributed by atoms with Crippen LogP contribution in [0.4, 0.5) is 4.79 Å². The highest BCUT2D eigenvalue weighted by Crippen LogP contribution is 2.09. The second-order valence-corrected chi connectivity index (χ2v) is 3.43. The predicted octanol–water partition coefficient (Wildman–Crippen LogP) is 1.75. The number of furan rings is 1. The van der Waals surface area contributed by atoms with Gasteiger partial charge in [0.2, 0.25) is 0 Å². The van der Waals surface area contributed by atoms with Crippen LogP contribution in [0.25, 0.3) is 6.08 Å². The average molecular weight is 232 g/mol. The molecule has 0 spiro atoms. The molecule has 1 saturated heterocycles. The van der Waals surface area contributed by atoms with Gasteiger partial charge in [0.25, 0.3) is 5.91 Å². The summed E-state index contributed by atoms with van der Waals surface area (Å²) in [6.07, 6.45) is 6.49. The first-order valence-corrected chi connectivity index (χ1v) is 5.27. The smallest absolute Gasteiger partial charge is 0.328 e. The Kier molecular flexibility index (Phi) is 3.09. The highest BCUT2D eigenvalue weighted by Gasteiger charge is 2.31. The minimum Gasteiger partial charge on any atom is -0.465 e. The van der Waals surface area contributed by atoms with Crippen LogP contribution in [0.15, 0.2) is 40.7 Å². The molecular weight excluding hydrogens is 220 g/mol. The number of hydrogen-bond donors (Lipinski definition) is 1. The summed E-state index contributed by atoms with van der Waals surface area (Å²) in [5.74, 6) is 0.382. The molecule has 2 rings (SSSR count). The molecule has 5 heteroatoms. The van der Waals surface area contributed by atoms with Gasteiger partial charge >= 0.3 is 6.03 Å². The highest BCUT2D eigenvalue weighted by molar-refractivity contribution is 6.11. The van der Waals surface area contributed by atoms with E-state index in [4.69, 9.17) is 4.42 Å². The van der Waals surface area contributed by atoms with E-state index >= 15 is 0 Å². The molecule has 1 aliphatic rings. The zero-order chi connectivity index (χ0) is 12.3. The third-order valence-electron chi connectivity index (χ3n) is 2.35.